The molecule has 0 bridgehead atoms. The first-order chi connectivity index (χ1) is 4.79. The van der Waals surface area contributed by atoms with E-state index in [1.807, 2.05) is 0 Å². The topological polar surface area (TPSA) is 35.5 Å². The summed E-state index contributed by atoms with van der Waals surface area (Å²) in [6, 6.07) is 0. The smallest absolute Gasteiger partial charge is 0.337 e. The van der Waals surface area contributed by atoms with Gasteiger partial charge in [-0.05, 0) is 6.42 Å². The van der Waals surface area contributed by atoms with E-state index in [0.29, 0.717) is 5.57 Å². The number of hydrogen-bond acceptors (Lipinski definition) is 3. The molecule has 0 fully saturated rings. The number of esters is 1. The summed E-state index contributed by atoms with van der Waals surface area (Å²) in [4.78, 5) is 10.8. The Kier molecular flexibility index (Phi) is 1.94. The molecule has 0 aromatic carbocycles. The summed E-state index contributed by atoms with van der Waals surface area (Å²) in [5, 5.41) is 0. The van der Waals surface area contributed by atoms with Crippen LogP contribution in [0.3, 0.4) is 0 Å². The Balaban J connectivity index is 2.64. The van der Waals surface area contributed by atoms with E-state index in [1.165, 1.54) is 7.11 Å². The van der Waals surface area contributed by atoms with Crippen molar-refractivity contribution in [3.05, 3.63) is 11.3 Å². The first-order valence-corrected chi connectivity index (χ1v) is 3.14. The van der Waals surface area contributed by atoms with Gasteiger partial charge in [0.1, 0.15) is 5.76 Å². The molecule has 1 rings (SSSR count). The molecule has 0 atom stereocenters. The lowest BCUT2D eigenvalue weighted by Crippen LogP contribution is -2.16. The van der Waals surface area contributed by atoms with Crippen LogP contribution in [0.1, 0.15) is 12.8 Å². The van der Waals surface area contributed by atoms with Crippen LogP contribution < -0.4 is 0 Å². The summed E-state index contributed by atoms with van der Waals surface area (Å²) < 4.78 is 9.41. The number of carbonyl (C=O) groups excluding carboxylic acids is 1. The van der Waals surface area contributed by atoms with Crippen LogP contribution in [0.2, 0.25) is 0 Å². The highest BCUT2D eigenvalue weighted by Gasteiger charge is 2.24. The first-order valence-electron chi connectivity index (χ1n) is 3.14. The Morgan fingerprint density at radius 2 is 2.10 bits per heavy atom. The van der Waals surface area contributed by atoms with Crippen LogP contribution >= 0.6 is 0 Å². The van der Waals surface area contributed by atoms with Crippen LogP contribution in [0.25, 0.3) is 0 Å². The van der Waals surface area contributed by atoms with Crippen molar-refractivity contribution in [2.75, 3.05) is 14.2 Å². The molecular formula is C7H10O3. The van der Waals surface area contributed by atoms with Crippen molar-refractivity contribution < 1.29 is 14.3 Å². The second-order valence-electron chi connectivity index (χ2n) is 2.10. The largest absolute Gasteiger partial charge is 0.501 e. The standard InChI is InChI=1S/C7H10O3/c1-9-6-4-3-5(6)7(8)10-2/h3-4H2,1-2H3. The molecule has 0 aromatic rings. The minimum Gasteiger partial charge on any atom is -0.501 e. The van der Waals surface area contributed by atoms with Crippen LogP contribution in [0.15, 0.2) is 11.3 Å². The van der Waals surface area contributed by atoms with Gasteiger partial charge in [-0.3, -0.25) is 0 Å². The molecule has 0 radical (unpaired) electrons. The molecule has 3 heteroatoms. The zero-order valence-electron chi connectivity index (χ0n) is 6.14. The molecular weight excluding hydrogens is 132 g/mol. The van der Waals surface area contributed by atoms with E-state index in [9.17, 15) is 4.79 Å². The predicted molar refractivity (Wildman–Crippen MR) is 35.3 cm³/mol. The maximum atomic E-state index is 10.8. The van der Waals surface area contributed by atoms with Crippen molar-refractivity contribution >= 4 is 5.97 Å². The van der Waals surface area contributed by atoms with Crippen molar-refractivity contribution in [1.82, 2.24) is 0 Å². The van der Waals surface area contributed by atoms with Gasteiger partial charge in [0.2, 0.25) is 0 Å². The van der Waals surface area contributed by atoms with E-state index in [-0.39, 0.29) is 5.97 Å². The molecule has 0 heterocycles. The molecule has 0 spiro atoms. The summed E-state index contributed by atoms with van der Waals surface area (Å²) >= 11 is 0. The second-order valence-corrected chi connectivity index (χ2v) is 2.10. The Morgan fingerprint density at radius 1 is 1.40 bits per heavy atom. The van der Waals surface area contributed by atoms with Crippen molar-refractivity contribution in [2.24, 2.45) is 0 Å². The van der Waals surface area contributed by atoms with Crippen LogP contribution in [-0.2, 0) is 14.3 Å². The summed E-state index contributed by atoms with van der Waals surface area (Å²) in [6.07, 6.45) is 1.65. The lowest BCUT2D eigenvalue weighted by molar-refractivity contribution is -0.137. The zero-order valence-corrected chi connectivity index (χ0v) is 6.14. The summed E-state index contributed by atoms with van der Waals surface area (Å²) in [5.74, 6) is 0.509. The molecule has 1 aliphatic carbocycles. The molecule has 0 aromatic heterocycles. The molecule has 0 amide bonds. The minimum absolute atomic E-state index is 0.261. The van der Waals surface area contributed by atoms with Gasteiger partial charge in [0.25, 0.3) is 0 Å². The Hall–Kier alpha value is -0.990. The second kappa shape index (κ2) is 2.73. The SMILES string of the molecule is COC(=O)C1=C(OC)CC1. The summed E-state index contributed by atoms with van der Waals surface area (Å²) in [5.41, 5.74) is 0.685. The van der Waals surface area contributed by atoms with E-state index in [2.05, 4.69) is 4.74 Å². The fraction of sp³-hybridized carbons (Fsp3) is 0.571. The highest BCUT2D eigenvalue weighted by molar-refractivity contribution is 5.90. The van der Waals surface area contributed by atoms with E-state index >= 15 is 0 Å². The number of hydrogen-bond donors (Lipinski definition) is 0. The van der Waals surface area contributed by atoms with Gasteiger partial charge in [-0.15, -0.1) is 0 Å². The fourth-order valence-electron chi connectivity index (χ4n) is 0.916. The maximum Gasteiger partial charge on any atom is 0.337 e. The fourth-order valence-corrected chi connectivity index (χ4v) is 0.916. The van der Waals surface area contributed by atoms with Crippen molar-refractivity contribution in [3.63, 3.8) is 0 Å². The molecule has 0 unspecified atom stereocenters. The normalized spacial score (nSPS) is 16.2. The van der Waals surface area contributed by atoms with Gasteiger partial charge < -0.3 is 9.47 Å². The van der Waals surface area contributed by atoms with Gasteiger partial charge >= 0.3 is 5.97 Å². The highest BCUT2D eigenvalue weighted by Crippen LogP contribution is 2.28. The van der Waals surface area contributed by atoms with Gasteiger partial charge in [0.15, 0.2) is 0 Å². The maximum absolute atomic E-state index is 10.8. The van der Waals surface area contributed by atoms with E-state index in [0.717, 1.165) is 18.6 Å². The van der Waals surface area contributed by atoms with Crippen molar-refractivity contribution in [2.45, 2.75) is 12.8 Å². The molecule has 3 nitrogen and oxygen atoms in total. The lowest BCUT2D eigenvalue weighted by atomic mass is 9.96. The highest BCUT2D eigenvalue weighted by atomic mass is 16.5. The predicted octanol–water partition coefficient (Wildman–Crippen LogP) is 0.854. The molecule has 10 heavy (non-hydrogen) atoms. The summed E-state index contributed by atoms with van der Waals surface area (Å²) in [7, 11) is 2.94. The third-order valence-electron chi connectivity index (χ3n) is 1.62. The number of rotatable bonds is 2. The van der Waals surface area contributed by atoms with Crippen molar-refractivity contribution in [3.8, 4) is 0 Å². The average molecular weight is 142 g/mol. The average Bonchev–Trinajstić information content (AvgIpc) is 1.86. The quantitative estimate of drug-likeness (QED) is 0.536. The van der Waals surface area contributed by atoms with E-state index in [1.54, 1.807) is 7.11 Å². The third kappa shape index (κ3) is 0.988. The van der Waals surface area contributed by atoms with E-state index in [4.69, 9.17) is 4.74 Å². The minimum atomic E-state index is -0.261. The molecule has 1 aliphatic rings. The lowest BCUT2D eigenvalue weighted by Gasteiger charge is -2.19. The molecule has 56 valence electrons. The van der Waals surface area contributed by atoms with Gasteiger partial charge in [-0.2, -0.15) is 0 Å². The number of allylic oxidation sites excluding steroid dienone is 1. The summed E-state index contributed by atoms with van der Waals surface area (Å²) in [6.45, 7) is 0. The number of methoxy groups -OCH3 is 2. The zero-order chi connectivity index (χ0) is 7.56. The van der Waals surface area contributed by atoms with Gasteiger partial charge in [-0.1, -0.05) is 0 Å². The monoisotopic (exact) mass is 142 g/mol. The Morgan fingerprint density at radius 3 is 2.40 bits per heavy atom. The Bertz CT molecular complexity index is 181. The van der Waals surface area contributed by atoms with Gasteiger partial charge in [0, 0.05) is 6.42 Å². The van der Waals surface area contributed by atoms with Crippen LogP contribution in [0.4, 0.5) is 0 Å². The molecule has 0 saturated carbocycles. The number of ether oxygens (including phenoxy) is 2. The van der Waals surface area contributed by atoms with Crippen LogP contribution in [0.5, 0.6) is 0 Å². The van der Waals surface area contributed by atoms with E-state index < -0.39 is 0 Å². The van der Waals surface area contributed by atoms with Crippen molar-refractivity contribution in [1.29, 1.82) is 0 Å². The van der Waals surface area contributed by atoms with Crippen LogP contribution in [-0.4, -0.2) is 20.2 Å². The number of carbonyl (C=O) groups is 1. The Labute approximate surface area is 59.6 Å². The third-order valence-corrected chi connectivity index (χ3v) is 1.62. The molecule has 0 saturated heterocycles. The van der Waals surface area contributed by atoms with Gasteiger partial charge in [-0.25, -0.2) is 4.79 Å². The van der Waals surface area contributed by atoms with Gasteiger partial charge in [0.05, 0.1) is 19.8 Å². The molecule has 0 N–H and O–H groups in total. The molecule has 0 aliphatic heterocycles. The first kappa shape index (κ1) is 7.12. The van der Waals surface area contributed by atoms with Crippen LogP contribution in [0, 0.1) is 0 Å².